The molecule has 0 spiro atoms. The SMILES string of the molecule is Cc1nn(Cc2ccccc2)c(Cl)c1C(=O)N1CCN(C(=O)c2cc(Cl)cc(Cl)c2)CC1. The number of halogens is 3. The van der Waals surface area contributed by atoms with Gasteiger partial charge < -0.3 is 9.80 Å². The third-order valence-electron chi connectivity index (χ3n) is 5.42. The van der Waals surface area contributed by atoms with Gasteiger partial charge >= 0.3 is 0 Å². The lowest BCUT2D eigenvalue weighted by molar-refractivity contribution is 0.0535. The number of amides is 2. The van der Waals surface area contributed by atoms with Crippen molar-refractivity contribution >= 4 is 46.6 Å². The largest absolute Gasteiger partial charge is 0.335 e. The first kappa shape index (κ1) is 22.6. The zero-order valence-corrected chi connectivity index (χ0v) is 19.7. The molecule has 0 bridgehead atoms. The van der Waals surface area contributed by atoms with Gasteiger partial charge in [0.2, 0.25) is 0 Å². The predicted molar refractivity (Wildman–Crippen MR) is 126 cm³/mol. The summed E-state index contributed by atoms with van der Waals surface area (Å²) in [5.74, 6) is -0.337. The van der Waals surface area contributed by atoms with Crippen LogP contribution in [0.25, 0.3) is 0 Å². The molecule has 1 aliphatic heterocycles. The smallest absolute Gasteiger partial charge is 0.259 e. The van der Waals surface area contributed by atoms with Gasteiger partial charge in [-0.15, -0.1) is 0 Å². The van der Waals surface area contributed by atoms with E-state index < -0.39 is 0 Å². The number of rotatable bonds is 4. The highest BCUT2D eigenvalue weighted by atomic mass is 35.5. The summed E-state index contributed by atoms with van der Waals surface area (Å²) < 4.78 is 1.64. The highest BCUT2D eigenvalue weighted by molar-refractivity contribution is 6.35. The van der Waals surface area contributed by atoms with Gasteiger partial charge in [0.05, 0.1) is 17.8 Å². The van der Waals surface area contributed by atoms with Crippen molar-refractivity contribution in [3.63, 3.8) is 0 Å². The van der Waals surface area contributed by atoms with Crippen LogP contribution in [0.5, 0.6) is 0 Å². The third-order valence-corrected chi connectivity index (χ3v) is 6.24. The van der Waals surface area contributed by atoms with E-state index in [0.717, 1.165) is 5.56 Å². The molecule has 6 nitrogen and oxygen atoms in total. The van der Waals surface area contributed by atoms with Crippen molar-refractivity contribution in [1.82, 2.24) is 19.6 Å². The van der Waals surface area contributed by atoms with Crippen molar-refractivity contribution in [1.29, 1.82) is 0 Å². The van der Waals surface area contributed by atoms with Crippen molar-refractivity contribution < 1.29 is 9.59 Å². The predicted octanol–water partition coefficient (Wildman–Crippen LogP) is 4.80. The zero-order chi connectivity index (χ0) is 22.8. The number of benzene rings is 2. The number of hydrogen-bond acceptors (Lipinski definition) is 3. The topological polar surface area (TPSA) is 58.4 Å². The Balaban J connectivity index is 1.44. The Labute approximate surface area is 201 Å². The molecule has 3 aromatic rings. The third kappa shape index (κ3) is 4.77. The summed E-state index contributed by atoms with van der Waals surface area (Å²) in [6, 6.07) is 14.6. The highest BCUT2D eigenvalue weighted by Crippen LogP contribution is 2.24. The Morgan fingerprint density at radius 3 is 2.03 bits per heavy atom. The fourth-order valence-electron chi connectivity index (χ4n) is 3.79. The quantitative estimate of drug-likeness (QED) is 0.527. The Kier molecular flexibility index (Phi) is 6.74. The van der Waals surface area contributed by atoms with Crippen molar-refractivity contribution in [2.45, 2.75) is 13.5 Å². The number of aromatic nitrogens is 2. The van der Waals surface area contributed by atoms with Gasteiger partial charge in [-0.05, 0) is 30.7 Å². The maximum absolute atomic E-state index is 13.2. The molecule has 2 amide bonds. The van der Waals surface area contributed by atoms with E-state index in [0.29, 0.717) is 64.7 Å². The summed E-state index contributed by atoms with van der Waals surface area (Å²) in [4.78, 5) is 29.4. The number of piperazine rings is 1. The van der Waals surface area contributed by atoms with E-state index in [2.05, 4.69) is 5.10 Å². The standard InChI is InChI=1S/C23H21Cl3N4O2/c1-15-20(21(26)30(27-15)14-16-5-3-2-4-6-16)23(32)29-9-7-28(8-10-29)22(31)17-11-18(24)13-19(25)12-17/h2-6,11-13H,7-10,14H2,1H3. The molecule has 2 aromatic carbocycles. The molecule has 2 heterocycles. The van der Waals surface area contributed by atoms with Crippen LogP contribution in [0.2, 0.25) is 15.2 Å². The molecular weight excluding hydrogens is 471 g/mol. The number of carbonyl (C=O) groups is 2. The summed E-state index contributed by atoms with van der Waals surface area (Å²) in [5, 5.41) is 5.61. The van der Waals surface area contributed by atoms with Crippen LogP contribution in [0, 0.1) is 6.92 Å². The summed E-state index contributed by atoms with van der Waals surface area (Å²) in [6.45, 7) is 3.88. The minimum absolute atomic E-state index is 0.161. The van der Waals surface area contributed by atoms with E-state index in [1.54, 1.807) is 39.6 Å². The molecule has 0 radical (unpaired) electrons. The summed E-state index contributed by atoms with van der Waals surface area (Å²) in [7, 11) is 0. The van der Waals surface area contributed by atoms with Crippen molar-refractivity contribution in [2.75, 3.05) is 26.2 Å². The Hall–Kier alpha value is -2.54. The lowest BCUT2D eigenvalue weighted by Crippen LogP contribution is -2.50. The minimum Gasteiger partial charge on any atom is -0.335 e. The van der Waals surface area contributed by atoms with E-state index in [-0.39, 0.29) is 11.8 Å². The molecule has 0 aliphatic carbocycles. The van der Waals surface area contributed by atoms with Crippen LogP contribution in [0.3, 0.4) is 0 Å². The van der Waals surface area contributed by atoms with Gasteiger partial charge in [0.1, 0.15) is 5.15 Å². The molecule has 0 saturated carbocycles. The first-order chi connectivity index (χ1) is 15.3. The average molecular weight is 492 g/mol. The molecule has 9 heteroatoms. The monoisotopic (exact) mass is 490 g/mol. The van der Waals surface area contributed by atoms with Crippen LogP contribution in [-0.2, 0) is 6.54 Å². The van der Waals surface area contributed by atoms with Crippen LogP contribution in [0.1, 0.15) is 32.0 Å². The molecule has 0 atom stereocenters. The number of aryl methyl sites for hydroxylation is 1. The van der Waals surface area contributed by atoms with Crippen LogP contribution >= 0.6 is 34.8 Å². The fourth-order valence-corrected chi connectivity index (χ4v) is 4.63. The Morgan fingerprint density at radius 1 is 0.875 bits per heavy atom. The lowest BCUT2D eigenvalue weighted by Gasteiger charge is -2.34. The molecule has 166 valence electrons. The molecule has 1 aromatic heterocycles. The second-order valence-electron chi connectivity index (χ2n) is 7.64. The average Bonchev–Trinajstić information content (AvgIpc) is 3.05. The van der Waals surface area contributed by atoms with E-state index >= 15 is 0 Å². The van der Waals surface area contributed by atoms with Gasteiger partial charge in [-0.1, -0.05) is 65.1 Å². The Morgan fingerprint density at radius 2 is 1.44 bits per heavy atom. The van der Waals surface area contributed by atoms with Gasteiger partial charge in [-0.25, -0.2) is 4.68 Å². The normalized spacial score (nSPS) is 14.0. The minimum atomic E-state index is -0.176. The molecule has 4 rings (SSSR count). The highest BCUT2D eigenvalue weighted by Gasteiger charge is 2.29. The van der Waals surface area contributed by atoms with Crippen LogP contribution in [0.15, 0.2) is 48.5 Å². The molecule has 32 heavy (non-hydrogen) atoms. The number of nitrogens with zero attached hydrogens (tertiary/aromatic N) is 4. The van der Waals surface area contributed by atoms with Crippen molar-refractivity contribution in [3.05, 3.63) is 86.1 Å². The van der Waals surface area contributed by atoms with Gasteiger partial charge in [0.25, 0.3) is 11.8 Å². The summed E-state index contributed by atoms with van der Waals surface area (Å²) in [6.07, 6.45) is 0. The second-order valence-corrected chi connectivity index (χ2v) is 8.87. The van der Waals surface area contributed by atoms with E-state index in [1.807, 2.05) is 30.3 Å². The molecule has 0 N–H and O–H groups in total. The van der Waals surface area contributed by atoms with Crippen LogP contribution in [0.4, 0.5) is 0 Å². The van der Waals surface area contributed by atoms with E-state index in [9.17, 15) is 9.59 Å². The number of hydrogen-bond donors (Lipinski definition) is 0. The van der Waals surface area contributed by atoms with E-state index in [1.165, 1.54) is 0 Å². The van der Waals surface area contributed by atoms with Gasteiger partial charge in [0, 0.05) is 41.8 Å². The van der Waals surface area contributed by atoms with Gasteiger partial charge in [-0.3, -0.25) is 9.59 Å². The van der Waals surface area contributed by atoms with Crippen molar-refractivity contribution in [3.8, 4) is 0 Å². The van der Waals surface area contributed by atoms with Crippen molar-refractivity contribution in [2.24, 2.45) is 0 Å². The van der Waals surface area contributed by atoms with Crippen LogP contribution < -0.4 is 0 Å². The van der Waals surface area contributed by atoms with Crippen LogP contribution in [-0.4, -0.2) is 57.6 Å². The molecule has 0 unspecified atom stereocenters. The fraction of sp³-hybridized carbons (Fsp3) is 0.261. The molecular formula is C23H21Cl3N4O2. The first-order valence-corrected chi connectivity index (χ1v) is 11.3. The summed E-state index contributed by atoms with van der Waals surface area (Å²) in [5.41, 5.74) is 2.47. The van der Waals surface area contributed by atoms with Gasteiger partial charge in [-0.2, -0.15) is 5.10 Å². The first-order valence-electron chi connectivity index (χ1n) is 10.1. The number of carbonyl (C=O) groups excluding carboxylic acids is 2. The lowest BCUT2D eigenvalue weighted by atomic mass is 10.1. The Bertz CT molecular complexity index is 1140. The maximum atomic E-state index is 13.2. The maximum Gasteiger partial charge on any atom is 0.259 e. The van der Waals surface area contributed by atoms with E-state index in [4.69, 9.17) is 34.8 Å². The second kappa shape index (κ2) is 9.53. The molecule has 1 aliphatic rings. The molecule has 1 fully saturated rings. The summed E-state index contributed by atoms with van der Waals surface area (Å²) >= 11 is 18.6. The zero-order valence-electron chi connectivity index (χ0n) is 17.4. The van der Waals surface area contributed by atoms with Gasteiger partial charge in [0.15, 0.2) is 0 Å². The molecule has 1 saturated heterocycles.